The summed E-state index contributed by atoms with van der Waals surface area (Å²) < 4.78 is 82.3. The van der Waals surface area contributed by atoms with E-state index >= 15 is 0 Å². The molecule has 26 aromatic rings. The lowest BCUT2D eigenvalue weighted by molar-refractivity contribution is 0.404. The van der Waals surface area contributed by atoms with Crippen molar-refractivity contribution >= 4 is 156 Å². The Bertz CT molecular complexity index is 11100. The monoisotopic (exact) mass is 1990 g/mol. The molecular formula is C127H81N7O8S5. The highest BCUT2D eigenvalue weighted by atomic mass is 32.1. The van der Waals surface area contributed by atoms with Crippen molar-refractivity contribution in [3.8, 4) is 34.5 Å². The Labute approximate surface area is 851 Å². The molecule has 0 atom stereocenters. The minimum atomic E-state index is 0.608. The van der Waals surface area contributed by atoms with Gasteiger partial charge in [0.15, 0.2) is 28.4 Å². The van der Waals surface area contributed by atoms with Crippen LogP contribution in [0.1, 0.15) is 5.56 Å². The molecule has 1 N–H and O–H groups in total. The first kappa shape index (κ1) is 87.3. The van der Waals surface area contributed by atoms with Gasteiger partial charge in [0.25, 0.3) is 0 Å². The maximum absolute atomic E-state index is 6.49. The molecule has 20 heteroatoms. The van der Waals surface area contributed by atoms with Gasteiger partial charge in [-0.05, 0) is 157 Å². The van der Waals surface area contributed by atoms with Crippen molar-refractivity contribution in [1.29, 1.82) is 0 Å². The molecule has 3 aliphatic carbocycles. The molecule has 0 radical (unpaired) electrons. The number of furan rings is 2. The van der Waals surface area contributed by atoms with Gasteiger partial charge >= 0.3 is 0 Å². The molecule has 18 aromatic carbocycles. The van der Waals surface area contributed by atoms with Crippen LogP contribution in [-0.2, 0) is 6.42 Å². The fraction of sp³-hybridized carbons (Fsp3) is 0.0551. The van der Waals surface area contributed by atoms with Crippen molar-refractivity contribution < 1.29 is 37.3 Å². The average molecular weight is 1990 g/mol. The van der Waals surface area contributed by atoms with Crippen LogP contribution in [0.25, 0.3) is 97.8 Å². The molecular weight excluding hydrogens is 1910 g/mol. The number of nitrogens with one attached hydrogen (secondary N) is 1. The molecule has 0 spiro atoms. The number of aromatic nitrogens is 7. The SMILES string of the molecule is COc1c2c3c(OC)c4[nH]c(cc14)=c1ccc(cc1)=c1ccc(cc1)=c1ccc(c4nsnc14)=c1ccc(cc1)=c1ccc(cc1)=C(C=3)C2.COc1c2cc3oc2c(OC)c2cc(oc12)=c1ccc(cc1)=c1ccc(cc1)=c1ccc(c2nsnc12)=c1ccc(cc1)=c1ccc=3cc1.COc1c2cc3sc2c(OC)c2cc(sc12)=c1ccc(cc1)=c1ccc(cc1)=c1ccc(c2nsnc12)=c1ccc(cc1)=c1ccc=3cc1. The second-order valence-corrected chi connectivity index (χ2v) is 40.8. The summed E-state index contributed by atoms with van der Waals surface area (Å²) >= 11 is 7.28. The number of ether oxygens (including phenoxy) is 6. The van der Waals surface area contributed by atoms with Crippen molar-refractivity contribution in [1.82, 2.24) is 31.2 Å². The van der Waals surface area contributed by atoms with Gasteiger partial charge in [0.1, 0.15) is 61.2 Å². The minimum absolute atomic E-state index is 0.608. The summed E-state index contributed by atoms with van der Waals surface area (Å²) in [5, 5.41) is 40.4. The van der Waals surface area contributed by atoms with E-state index in [0.717, 1.165) is 230 Å². The summed E-state index contributed by atoms with van der Waals surface area (Å²) in [6, 6.07) is 128. The van der Waals surface area contributed by atoms with Gasteiger partial charge in [-0.15, -0.1) is 22.7 Å². The lowest BCUT2D eigenvalue weighted by atomic mass is 10.0. The van der Waals surface area contributed by atoms with E-state index in [4.69, 9.17) is 63.5 Å². The van der Waals surface area contributed by atoms with Crippen molar-refractivity contribution in [2.24, 2.45) is 0 Å². The van der Waals surface area contributed by atoms with Crippen LogP contribution in [-0.4, -0.2) is 73.9 Å². The van der Waals surface area contributed by atoms with E-state index in [2.05, 4.69) is 357 Å². The van der Waals surface area contributed by atoms with E-state index in [1.54, 1.807) is 65.3 Å². The fourth-order valence-electron chi connectivity index (χ4n) is 21.8. The molecule has 147 heavy (non-hydrogen) atoms. The highest BCUT2D eigenvalue weighted by Gasteiger charge is 2.26. The van der Waals surface area contributed by atoms with Crippen LogP contribution in [0.5, 0.6) is 34.5 Å². The Balaban J connectivity index is 0.000000107. The topological polar surface area (TPSA) is 175 Å². The third-order valence-electron chi connectivity index (χ3n) is 29.3. The first-order valence-corrected chi connectivity index (χ1v) is 52.1. The van der Waals surface area contributed by atoms with Gasteiger partial charge < -0.3 is 42.2 Å². The number of nitrogens with zero attached hydrogens (tertiary/aromatic N) is 6. The van der Waals surface area contributed by atoms with E-state index in [1.165, 1.54) is 96.8 Å². The summed E-state index contributed by atoms with van der Waals surface area (Å²) in [5.41, 5.74) is 11.6. The Morgan fingerprint density at radius 3 is 0.762 bits per heavy atom. The molecule has 0 amide bonds. The number of H-pyrrole nitrogens is 1. The van der Waals surface area contributed by atoms with E-state index in [-0.39, 0.29) is 0 Å². The number of hydrogen-bond donors (Lipinski definition) is 1. The molecule has 8 aromatic heterocycles. The Morgan fingerprint density at radius 1 is 0.231 bits per heavy atom. The van der Waals surface area contributed by atoms with E-state index in [9.17, 15) is 0 Å². The number of thiophene rings is 2. The van der Waals surface area contributed by atoms with Gasteiger partial charge in [0.2, 0.25) is 0 Å². The predicted molar refractivity (Wildman–Crippen MR) is 582 cm³/mol. The molecule has 48 bridgehead atoms. The number of benzene rings is 18. The zero-order valence-electron chi connectivity index (χ0n) is 79.8. The molecule has 61 rings (SSSR count). The van der Waals surface area contributed by atoms with Crippen molar-refractivity contribution in [2.75, 3.05) is 42.7 Å². The molecule has 702 valence electrons. The smallest absolute Gasteiger partial charge is 0.181 e. The third kappa shape index (κ3) is 14.6. The lowest BCUT2D eigenvalue weighted by Crippen LogP contribution is -2.10. The highest BCUT2D eigenvalue weighted by molar-refractivity contribution is 7.20. The van der Waals surface area contributed by atoms with Crippen LogP contribution in [0.4, 0.5) is 0 Å². The quantitative estimate of drug-likeness (QED) is 0.166. The fourth-order valence-corrected chi connectivity index (χ4v) is 25.9. The molecule has 40 heterocycles. The van der Waals surface area contributed by atoms with Gasteiger partial charge in [0.05, 0.1) is 104 Å². The summed E-state index contributed by atoms with van der Waals surface area (Å²) in [6.45, 7) is 0. The average Bonchev–Trinajstić information content (AvgIpc) is 1.59. The van der Waals surface area contributed by atoms with Crippen LogP contribution in [0, 0.1) is 177 Å². The van der Waals surface area contributed by atoms with Gasteiger partial charge in [-0.2, -0.15) is 26.2 Å². The standard InChI is InChI=1S/C43H29N3O2S.C42H26N2O4S.C42H26N2O2S3/c1-47-42-35-21-32-22-36(35)43(48-2)41-37(42)23-38(44-41)31-17-11-27(12-18-31)26-9-15-30(16-10-26)34-20-19-33(39-40(34)46-49-45-39)29-13-7-25(8-14-29)24-3-5-28(32)6-4-24;2*1-45-39-33-21-35-29-15-7-25(8-16-29)23-3-11-27(12-4-23)31-19-20-32(38-37(31)43-49-44-38)28-13-5-24(6-14-28)26-9-17-30(18-10-26)36-22-34(41(39)47-36)40(46-2)42(33)48-35/h3-20,22-23,44H,21H2,1-2H3;2*3-22H,1-2H3. The summed E-state index contributed by atoms with van der Waals surface area (Å²) in [5.74, 6) is 4.75. The molecule has 0 saturated heterocycles. The summed E-state index contributed by atoms with van der Waals surface area (Å²) in [4.78, 5) is 3.67. The van der Waals surface area contributed by atoms with E-state index in [0.29, 0.717) is 33.5 Å². The van der Waals surface area contributed by atoms with Gasteiger partial charge in [0, 0.05) is 89.5 Å². The maximum atomic E-state index is 6.49. The second-order valence-electron chi connectivity index (χ2n) is 37.1. The molecule has 15 nitrogen and oxygen atoms in total. The normalized spacial score (nSPS) is 12.2. The summed E-state index contributed by atoms with van der Waals surface area (Å²) in [6.07, 6.45) is 3.03. The van der Waals surface area contributed by atoms with Crippen LogP contribution in [0.2, 0.25) is 0 Å². The van der Waals surface area contributed by atoms with Crippen molar-refractivity contribution in [2.45, 2.75) is 6.42 Å². The van der Waals surface area contributed by atoms with Gasteiger partial charge in [-0.25, -0.2) is 0 Å². The molecule has 0 saturated carbocycles. The van der Waals surface area contributed by atoms with Crippen LogP contribution >= 0.6 is 57.9 Å². The second kappa shape index (κ2) is 35.2. The van der Waals surface area contributed by atoms with Crippen LogP contribution in [0.15, 0.2) is 367 Å². The van der Waals surface area contributed by atoms with Crippen molar-refractivity contribution in [3.63, 3.8) is 0 Å². The van der Waals surface area contributed by atoms with Gasteiger partial charge in [-0.3, -0.25) is 0 Å². The Hall–Kier alpha value is -17.5. The third-order valence-corrected chi connectivity index (χ3v) is 33.3. The molecule has 0 unspecified atom stereocenters. The van der Waals surface area contributed by atoms with Crippen LogP contribution in [0.3, 0.4) is 0 Å². The summed E-state index contributed by atoms with van der Waals surface area (Å²) in [7, 11) is 10.4. The Kier molecular flexibility index (Phi) is 20.9. The van der Waals surface area contributed by atoms with E-state index < -0.39 is 0 Å². The zero-order valence-corrected chi connectivity index (χ0v) is 83.9. The number of hydrogen-bond acceptors (Lipinski definition) is 19. The molecule has 35 aliphatic rings. The number of rotatable bonds is 6. The molecule has 0 fully saturated rings. The van der Waals surface area contributed by atoms with Crippen molar-refractivity contribution in [3.05, 3.63) is 551 Å². The van der Waals surface area contributed by atoms with Crippen LogP contribution < -0.4 is 38.9 Å². The van der Waals surface area contributed by atoms with E-state index in [1.807, 2.05) is 12.1 Å². The number of methoxy groups -OCH3 is 6. The highest BCUT2D eigenvalue weighted by Crippen LogP contribution is 2.49. The first-order valence-electron chi connectivity index (χ1n) is 48.3. The first-order chi connectivity index (χ1) is 72.5. The number of aromatic amines is 1. The maximum Gasteiger partial charge on any atom is 0.181 e. The Morgan fingerprint density at radius 2 is 0.483 bits per heavy atom. The zero-order chi connectivity index (χ0) is 97.9. The largest absolute Gasteiger partial charge is 0.496 e. The predicted octanol–water partition coefficient (Wildman–Crippen LogP) is 26.5. The molecule has 32 aliphatic heterocycles. The van der Waals surface area contributed by atoms with Gasteiger partial charge in [-0.1, -0.05) is 328 Å². The minimum Gasteiger partial charge on any atom is -0.496 e. The lowest BCUT2D eigenvalue weighted by Gasteiger charge is -2.11.